The second-order valence-electron chi connectivity index (χ2n) is 5.16. The van der Waals surface area contributed by atoms with Gasteiger partial charge < -0.3 is 20.1 Å². The molecule has 1 fully saturated rings. The number of rotatable bonds is 4. The van der Waals surface area contributed by atoms with Crippen molar-refractivity contribution in [3.05, 3.63) is 16.1 Å². The minimum atomic E-state index is -0.944. The van der Waals surface area contributed by atoms with Crippen LogP contribution >= 0.6 is 11.3 Å². The summed E-state index contributed by atoms with van der Waals surface area (Å²) in [6.07, 6.45) is 0. The number of aryl methyl sites for hydroxylation is 1. The number of hydrogen-bond donors (Lipinski definition) is 2. The van der Waals surface area contributed by atoms with Crippen molar-refractivity contribution < 1.29 is 19.4 Å². The Bertz CT molecular complexity index is 533. The van der Waals surface area contributed by atoms with Crippen LogP contribution in [0.5, 0.6) is 0 Å². The van der Waals surface area contributed by atoms with Gasteiger partial charge in [0.15, 0.2) is 0 Å². The lowest BCUT2D eigenvalue weighted by Crippen LogP contribution is -2.48. The van der Waals surface area contributed by atoms with E-state index in [4.69, 9.17) is 9.84 Å². The number of urea groups is 1. The molecular formula is C13H19N3O4S. The van der Waals surface area contributed by atoms with Gasteiger partial charge in [0, 0.05) is 18.1 Å². The van der Waals surface area contributed by atoms with Crippen molar-refractivity contribution in [3.63, 3.8) is 0 Å². The van der Waals surface area contributed by atoms with Gasteiger partial charge in [0.2, 0.25) is 0 Å². The summed E-state index contributed by atoms with van der Waals surface area (Å²) >= 11 is 1.49. The number of likely N-dealkylation sites (N-methyl/N-ethyl adjacent to an activating group) is 1. The first kappa shape index (κ1) is 15.7. The van der Waals surface area contributed by atoms with Crippen LogP contribution in [0.25, 0.3) is 0 Å². The number of carboxylic acid groups (broad SMARTS) is 1. The van der Waals surface area contributed by atoms with Crippen LogP contribution < -0.4 is 5.32 Å². The average molecular weight is 313 g/mol. The number of amides is 2. The first-order valence-electron chi connectivity index (χ1n) is 6.66. The molecule has 3 unspecified atom stereocenters. The maximum absolute atomic E-state index is 12.2. The number of ether oxygens (including phenoxy) is 1. The molecule has 116 valence electrons. The van der Waals surface area contributed by atoms with Crippen LogP contribution in [-0.4, -0.2) is 53.3 Å². The largest absolute Gasteiger partial charge is 0.481 e. The number of hydrogen-bond acceptors (Lipinski definition) is 5. The van der Waals surface area contributed by atoms with E-state index in [-0.39, 0.29) is 25.3 Å². The van der Waals surface area contributed by atoms with Crippen molar-refractivity contribution in [3.8, 4) is 0 Å². The van der Waals surface area contributed by atoms with Crippen LogP contribution in [0.1, 0.15) is 23.7 Å². The molecule has 2 rings (SSSR count). The van der Waals surface area contributed by atoms with E-state index in [2.05, 4.69) is 10.3 Å². The Labute approximate surface area is 126 Å². The van der Waals surface area contributed by atoms with Crippen LogP contribution in [0.4, 0.5) is 4.79 Å². The molecule has 7 nitrogen and oxygen atoms in total. The summed E-state index contributed by atoms with van der Waals surface area (Å²) in [6.45, 7) is 4.13. The van der Waals surface area contributed by atoms with Gasteiger partial charge in [0.05, 0.1) is 25.3 Å². The van der Waals surface area contributed by atoms with Crippen molar-refractivity contribution in [1.29, 1.82) is 0 Å². The van der Waals surface area contributed by atoms with Crippen molar-refractivity contribution in [1.82, 2.24) is 15.2 Å². The lowest BCUT2D eigenvalue weighted by atomic mass is 10.0. The molecule has 0 saturated carbocycles. The number of carbonyl (C=O) groups excluding carboxylic acids is 1. The topological polar surface area (TPSA) is 91.8 Å². The quantitative estimate of drug-likeness (QED) is 0.873. The maximum Gasteiger partial charge on any atom is 0.318 e. The van der Waals surface area contributed by atoms with Crippen LogP contribution in [0.3, 0.4) is 0 Å². The zero-order chi connectivity index (χ0) is 15.6. The van der Waals surface area contributed by atoms with E-state index in [1.807, 2.05) is 19.2 Å². The maximum atomic E-state index is 12.2. The molecular weight excluding hydrogens is 294 g/mol. The molecule has 2 heterocycles. The number of nitrogens with one attached hydrogen (secondary N) is 1. The molecule has 1 aliphatic rings. The minimum absolute atomic E-state index is 0.138. The van der Waals surface area contributed by atoms with Gasteiger partial charge in [-0.05, 0) is 13.8 Å². The van der Waals surface area contributed by atoms with E-state index >= 15 is 0 Å². The highest BCUT2D eigenvalue weighted by molar-refractivity contribution is 7.09. The lowest BCUT2D eigenvalue weighted by Gasteiger charge is -2.27. The Morgan fingerprint density at radius 1 is 1.57 bits per heavy atom. The van der Waals surface area contributed by atoms with Crippen LogP contribution in [-0.2, 0) is 9.53 Å². The smallest absolute Gasteiger partial charge is 0.318 e. The molecule has 21 heavy (non-hydrogen) atoms. The molecule has 2 amide bonds. The molecule has 1 aliphatic heterocycles. The SMILES string of the molecule is Cc1csc(C(C)NC(=O)N(C)C2COCC2C(=O)O)n1. The molecule has 1 saturated heterocycles. The molecule has 2 N–H and O–H groups in total. The van der Waals surface area contributed by atoms with Gasteiger partial charge >= 0.3 is 12.0 Å². The van der Waals surface area contributed by atoms with Gasteiger partial charge in [-0.15, -0.1) is 11.3 Å². The number of carbonyl (C=O) groups is 2. The van der Waals surface area contributed by atoms with E-state index < -0.39 is 17.9 Å². The van der Waals surface area contributed by atoms with Gasteiger partial charge in [0.25, 0.3) is 0 Å². The van der Waals surface area contributed by atoms with E-state index in [1.165, 1.54) is 16.2 Å². The number of aromatic nitrogens is 1. The van der Waals surface area contributed by atoms with Crippen molar-refractivity contribution in [2.24, 2.45) is 5.92 Å². The number of aliphatic carboxylic acids is 1. The Hall–Kier alpha value is -1.67. The van der Waals surface area contributed by atoms with Crippen molar-refractivity contribution in [2.75, 3.05) is 20.3 Å². The normalized spacial score (nSPS) is 22.8. The molecule has 0 spiro atoms. The Balaban J connectivity index is 1.97. The van der Waals surface area contributed by atoms with E-state index in [0.717, 1.165) is 10.7 Å². The molecule has 0 bridgehead atoms. The second kappa shape index (κ2) is 6.40. The molecule has 1 aromatic heterocycles. The van der Waals surface area contributed by atoms with Crippen LogP contribution in [0.15, 0.2) is 5.38 Å². The summed E-state index contributed by atoms with van der Waals surface area (Å²) in [6, 6.07) is -0.992. The molecule has 0 aromatic carbocycles. The molecule has 0 radical (unpaired) electrons. The summed E-state index contributed by atoms with van der Waals surface area (Å²) in [5, 5.41) is 14.7. The fourth-order valence-corrected chi connectivity index (χ4v) is 3.03. The predicted octanol–water partition coefficient (Wildman–Crippen LogP) is 1.25. The third-order valence-electron chi connectivity index (χ3n) is 3.53. The third kappa shape index (κ3) is 3.51. The first-order chi connectivity index (χ1) is 9.90. The van der Waals surface area contributed by atoms with E-state index in [0.29, 0.717) is 0 Å². The van der Waals surface area contributed by atoms with Crippen molar-refractivity contribution in [2.45, 2.75) is 25.9 Å². The summed E-state index contributed by atoms with van der Waals surface area (Å²) in [4.78, 5) is 29.1. The van der Waals surface area contributed by atoms with Gasteiger partial charge in [-0.2, -0.15) is 0 Å². The molecule has 3 atom stereocenters. The number of thiazole rings is 1. The number of carboxylic acids is 1. The van der Waals surface area contributed by atoms with E-state index in [1.54, 1.807) is 7.05 Å². The zero-order valence-electron chi connectivity index (χ0n) is 12.2. The van der Waals surface area contributed by atoms with Crippen LogP contribution in [0, 0.1) is 12.8 Å². The molecule has 8 heteroatoms. The Kier molecular flexibility index (Phi) is 4.79. The predicted molar refractivity (Wildman–Crippen MR) is 77.3 cm³/mol. The summed E-state index contributed by atoms with van der Waals surface area (Å²) in [5.74, 6) is -1.63. The minimum Gasteiger partial charge on any atom is -0.481 e. The molecule has 1 aromatic rings. The fourth-order valence-electron chi connectivity index (χ4n) is 2.23. The number of nitrogens with zero attached hydrogens (tertiary/aromatic N) is 2. The first-order valence-corrected chi connectivity index (χ1v) is 7.54. The Morgan fingerprint density at radius 2 is 2.29 bits per heavy atom. The Morgan fingerprint density at radius 3 is 2.86 bits per heavy atom. The summed E-state index contributed by atoms with van der Waals surface area (Å²) < 4.78 is 5.18. The van der Waals surface area contributed by atoms with Gasteiger partial charge in [-0.25, -0.2) is 9.78 Å². The summed E-state index contributed by atoms with van der Waals surface area (Å²) in [7, 11) is 1.59. The third-order valence-corrected chi connectivity index (χ3v) is 4.68. The summed E-state index contributed by atoms with van der Waals surface area (Å²) in [5.41, 5.74) is 0.916. The highest BCUT2D eigenvalue weighted by atomic mass is 32.1. The highest BCUT2D eigenvalue weighted by Crippen LogP contribution is 2.21. The molecule has 0 aliphatic carbocycles. The highest BCUT2D eigenvalue weighted by Gasteiger charge is 2.38. The monoisotopic (exact) mass is 313 g/mol. The van der Waals surface area contributed by atoms with Crippen LogP contribution in [0.2, 0.25) is 0 Å². The average Bonchev–Trinajstić information content (AvgIpc) is 3.05. The second-order valence-corrected chi connectivity index (χ2v) is 6.05. The standard InChI is InChI=1S/C13H19N3O4S/c1-7-6-21-11(14-7)8(2)15-13(19)16(3)10-5-20-4-9(10)12(17)18/h6,8-10H,4-5H2,1-3H3,(H,15,19)(H,17,18). The zero-order valence-corrected chi connectivity index (χ0v) is 13.0. The van der Waals surface area contributed by atoms with Gasteiger partial charge in [-0.3, -0.25) is 4.79 Å². The van der Waals surface area contributed by atoms with Gasteiger partial charge in [0.1, 0.15) is 10.9 Å². The fraction of sp³-hybridized carbons (Fsp3) is 0.615. The lowest BCUT2D eigenvalue weighted by molar-refractivity contribution is -0.142. The van der Waals surface area contributed by atoms with E-state index in [9.17, 15) is 9.59 Å². The van der Waals surface area contributed by atoms with Gasteiger partial charge in [-0.1, -0.05) is 0 Å². The van der Waals surface area contributed by atoms with Crippen molar-refractivity contribution >= 4 is 23.3 Å².